The van der Waals surface area contributed by atoms with Crippen molar-refractivity contribution in [2.75, 3.05) is 10.6 Å². The first kappa shape index (κ1) is 18.2. The van der Waals surface area contributed by atoms with E-state index < -0.39 is 0 Å². The normalized spacial score (nSPS) is 10.5. The van der Waals surface area contributed by atoms with Gasteiger partial charge in [0.2, 0.25) is 5.95 Å². The zero-order valence-corrected chi connectivity index (χ0v) is 15.7. The van der Waals surface area contributed by atoms with Gasteiger partial charge in [0, 0.05) is 18.1 Å². The fraction of sp³-hybridized carbons (Fsp3) is 0.105. The summed E-state index contributed by atoms with van der Waals surface area (Å²) in [5.41, 5.74) is 3.73. The van der Waals surface area contributed by atoms with Crippen LogP contribution in [0.2, 0.25) is 10.0 Å². The molecule has 0 atom stereocenters. The first-order chi connectivity index (χ1) is 12.5. The van der Waals surface area contributed by atoms with Gasteiger partial charge in [-0.2, -0.15) is 0 Å². The van der Waals surface area contributed by atoms with Crippen molar-refractivity contribution in [3.8, 4) is 0 Å². The molecule has 0 bridgehead atoms. The van der Waals surface area contributed by atoms with Gasteiger partial charge in [-0.25, -0.2) is 9.97 Å². The zero-order valence-electron chi connectivity index (χ0n) is 14.2. The van der Waals surface area contributed by atoms with E-state index in [-0.39, 0.29) is 5.91 Å². The maximum atomic E-state index is 12.4. The molecule has 0 aliphatic carbocycles. The Morgan fingerprint density at radius 1 is 0.962 bits per heavy atom. The van der Waals surface area contributed by atoms with Crippen molar-refractivity contribution in [2.45, 2.75) is 13.8 Å². The molecule has 1 aromatic heterocycles. The minimum absolute atomic E-state index is 0.269. The van der Waals surface area contributed by atoms with Crippen LogP contribution in [0.25, 0.3) is 0 Å². The maximum Gasteiger partial charge on any atom is 0.258 e. The molecule has 3 rings (SSSR count). The Morgan fingerprint density at radius 3 is 2.23 bits per heavy atom. The number of hydrogen-bond acceptors (Lipinski definition) is 4. The maximum absolute atomic E-state index is 12.4. The van der Waals surface area contributed by atoms with Crippen LogP contribution in [0.3, 0.4) is 0 Å². The second kappa shape index (κ2) is 7.72. The molecule has 0 radical (unpaired) electrons. The van der Waals surface area contributed by atoms with Gasteiger partial charge in [0.05, 0.1) is 21.3 Å². The van der Waals surface area contributed by atoms with Gasteiger partial charge in [-0.15, -0.1) is 0 Å². The van der Waals surface area contributed by atoms with E-state index >= 15 is 0 Å². The Labute approximate surface area is 161 Å². The predicted molar refractivity (Wildman–Crippen MR) is 106 cm³/mol. The molecule has 5 nitrogen and oxygen atoms in total. The lowest BCUT2D eigenvalue weighted by Crippen LogP contribution is -2.14. The Balaban J connectivity index is 1.75. The monoisotopic (exact) mass is 386 g/mol. The van der Waals surface area contributed by atoms with Crippen LogP contribution in [0.4, 0.5) is 17.3 Å². The van der Waals surface area contributed by atoms with Crippen LogP contribution in [0, 0.1) is 13.8 Å². The van der Waals surface area contributed by atoms with Crippen molar-refractivity contribution in [3.05, 3.63) is 75.5 Å². The number of anilines is 3. The molecule has 0 aliphatic rings. The summed E-state index contributed by atoms with van der Waals surface area (Å²) in [5, 5.41) is 6.70. The van der Waals surface area contributed by atoms with E-state index in [0.717, 1.165) is 16.8 Å². The molecule has 0 spiro atoms. The molecule has 0 fully saturated rings. The second-order valence-electron chi connectivity index (χ2n) is 5.74. The Bertz CT molecular complexity index is 938. The minimum atomic E-state index is -0.269. The average molecular weight is 387 g/mol. The van der Waals surface area contributed by atoms with Crippen molar-refractivity contribution >= 4 is 46.4 Å². The fourth-order valence-corrected chi connectivity index (χ4v) is 2.78. The van der Waals surface area contributed by atoms with E-state index in [4.69, 9.17) is 23.2 Å². The topological polar surface area (TPSA) is 66.9 Å². The van der Waals surface area contributed by atoms with E-state index in [1.165, 1.54) is 12.4 Å². The first-order valence-electron chi connectivity index (χ1n) is 7.86. The van der Waals surface area contributed by atoms with Crippen LogP contribution in [0.15, 0.2) is 48.8 Å². The smallest absolute Gasteiger partial charge is 0.258 e. The van der Waals surface area contributed by atoms with Crippen LogP contribution in [-0.4, -0.2) is 15.9 Å². The third kappa shape index (κ3) is 3.95. The summed E-state index contributed by atoms with van der Waals surface area (Å²) in [7, 11) is 0. The molecule has 7 heteroatoms. The van der Waals surface area contributed by atoms with Gasteiger partial charge in [0.15, 0.2) is 0 Å². The minimum Gasteiger partial charge on any atom is -0.323 e. The molecular weight excluding hydrogens is 371 g/mol. The highest BCUT2D eigenvalue weighted by Crippen LogP contribution is 2.30. The van der Waals surface area contributed by atoms with Crippen LogP contribution in [0.5, 0.6) is 0 Å². The Hall–Kier alpha value is -2.63. The Kier molecular flexibility index (Phi) is 5.40. The van der Waals surface area contributed by atoms with Crippen LogP contribution in [0.1, 0.15) is 21.5 Å². The highest BCUT2D eigenvalue weighted by Gasteiger charge is 2.11. The highest BCUT2D eigenvalue weighted by atomic mass is 35.5. The number of carbonyl (C=O) groups is 1. The third-order valence-electron chi connectivity index (χ3n) is 3.83. The summed E-state index contributed by atoms with van der Waals surface area (Å²) in [5.74, 6) is 0.0486. The first-order valence-corrected chi connectivity index (χ1v) is 8.62. The van der Waals surface area contributed by atoms with Gasteiger partial charge in [0.1, 0.15) is 0 Å². The summed E-state index contributed by atoms with van der Waals surface area (Å²) in [6, 6.07) is 11.1. The molecule has 3 aromatic rings. The summed E-state index contributed by atoms with van der Waals surface area (Å²) < 4.78 is 0. The fourth-order valence-electron chi connectivity index (χ4n) is 2.43. The molecule has 0 saturated heterocycles. The number of benzene rings is 2. The standard InChI is InChI=1S/C19H16Cl2N4O/c1-11-5-3-6-12(2)17(11)25-18(26)13-9-22-19(23-10-13)24-15-8-4-7-14(20)16(15)21/h3-10H,1-2H3,(H,25,26)(H,22,23,24). The Morgan fingerprint density at radius 2 is 1.58 bits per heavy atom. The number of carbonyl (C=O) groups excluding carboxylic acids is 1. The lowest BCUT2D eigenvalue weighted by molar-refractivity contribution is 0.102. The lowest BCUT2D eigenvalue weighted by atomic mass is 10.1. The molecule has 0 unspecified atom stereocenters. The number of para-hydroxylation sites is 1. The van der Waals surface area contributed by atoms with E-state index in [1.54, 1.807) is 18.2 Å². The molecule has 0 aliphatic heterocycles. The van der Waals surface area contributed by atoms with Crippen molar-refractivity contribution in [3.63, 3.8) is 0 Å². The van der Waals surface area contributed by atoms with Gasteiger partial charge in [0.25, 0.3) is 5.91 Å². The zero-order chi connectivity index (χ0) is 18.7. The second-order valence-corrected chi connectivity index (χ2v) is 6.53. The summed E-state index contributed by atoms with van der Waals surface area (Å²) in [6.45, 7) is 3.89. The SMILES string of the molecule is Cc1cccc(C)c1NC(=O)c1cnc(Nc2cccc(Cl)c2Cl)nc1. The van der Waals surface area contributed by atoms with E-state index in [0.29, 0.717) is 27.2 Å². The molecule has 132 valence electrons. The summed E-state index contributed by atoms with van der Waals surface area (Å²) >= 11 is 12.1. The summed E-state index contributed by atoms with van der Waals surface area (Å²) in [6.07, 6.45) is 2.91. The average Bonchev–Trinajstić information content (AvgIpc) is 2.63. The number of amides is 1. The number of aromatic nitrogens is 2. The van der Waals surface area contributed by atoms with Crippen molar-refractivity contribution in [1.82, 2.24) is 9.97 Å². The molecular formula is C19H16Cl2N4O. The number of rotatable bonds is 4. The largest absolute Gasteiger partial charge is 0.323 e. The molecule has 1 heterocycles. The molecule has 26 heavy (non-hydrogen) atoms. The predicted octanol–water partition coefficient (Wildman–Crippen LogP) is 5.40. The van der Waals surface area contributed by atoms with Crippen LogP contribution in [-0.2, 0) is 0 Å². The van der Waals surface area contributed by atoms with Crippen molar-refractivity contribution < 1.29 is 4.79 Å². The quantitative estimate of drug-likeness (QED) is 0.629. The molecule has 1 amide bonds. The number of nitrogens with one attached hydrogen (secondary N) is 2. The summed E-state index contributed by atoms with van der Waals surface area (Å²) in [4.78, 5) is 20.8. The van der Waals surface area contributed by atoms with E-state index in [1.807, 2.05) is 32.0 Å². The highest BCUT2D eigenvalue weighted by molar-refractivity contribution is 6.43. The van der Waals surface area contributed by atoms with Gasteiger partial charge < -0.3 is 10.6 Å². The number of nitrogens with zero attached hydrogens (tertiary/aromatic N) is 2. The van der Waals surface area contributed by atoms with Gasteiger partial charge in [-0.3, -0.25) is 4.79 Å². The van der Waals surface area contributed by atoms with Gasteiger partial charge in [-0.05, 0) is 37.1 Å². The number of aryl methyl sites for hydroxylation is 2. The number of hydrogen-bond donors (Lipinski definition) is 2. The van der Waals surface area contributed by atoms with E-state index in [9.17, 15) is 4.79 Å². The molecule has 0 saturated carbocycles. The molecule has 2 N–H and O–H groups in total. The van der Waals surface area contributed by atoms with E-state index in [2.05, 4.69) is 20.6 Å². The van der Waals surface area contributed by atoms with Crippen LogP contribution >= 0.6 is 23.2 Å². The molecule has 2 aromatic carbocycles. The van der Waals surface area contributed by atoms with Gasteiger partial charge in [-0.1, -0.05) is 47.5 Å². The van der Waals surface area contributed by atoms with Crippen molar-refractivity contribution in [2.24, 2.45) is 0 Å². The van der Waals surface area contributed by atoms with Crippen molar-refractivity contribution in [1.29, 1.82) is 0 Å². The number of halogens is 2. The van der Waals surface area contributed by atoms with Gasteiger partial charge >= 0.3 is 0 Å². The third-order valence-corrected chi connectivity index (χ3v) is 4.65. The lowest BCUT2D eigenvalue weighted by Gasteiger charge is -2.11. The van der Waals surface area contributed by atoms with Crippen LogP contribution < -0.4 is 10.6 Å².